The average Bonchev–Trinajstić information content (AvgIpc) is 2.37. The third-order valence-electron chi connectivity index (χ3n) is 1.02. The second-order valence-electron chi connectivity index (χ2n) is 2.58. The van der Waals surface area contributed by atoms with E-state index in [0.29, 0.717) is 5.82 Å². The van der Waals surface area contributed by atoms with Crippen molar-refractivity contribution in [1.29, 1.82) is 0 Å². The van der Waals surface area contributed by atoms with E-state index in [2.05, 4.69) is 10.2 Å². The number of nitrogens with one attached hydrogen (secondary N) is 1. The van der Waals surface area contributed by atoms with Crippen LogP contribution in [0.2, 0.25) is 0 Å². The van der Waals surface area contributed by atoms with E-state index in [1.165, 1.54) is 13.8 Å². The summed E-state index contributed by atoms with van der Waals surface area (Å²) in [5.41, 5.74) is 5.14. The normalized spacial score (nSPS) is 8.46. The average molecular weight is 183 g/mol. The summed E-state index contributed by atoms with van der Waals surface area (Å²) in [6, 6.07) is 1.69. The van der Waals surface area contributed by atoms with Crippen LogP contribution in [0.1, 0.15) is 20.3 Å². The highest BCUT2D eigenvalue weighted by atomic mass is 16.1. The number of nitrogens with two attached hydrogens (primary N) is 1. The fraction of sp³-hybridized carbons (Fsp3) is 0.375. The number of carbonyl (C=O) groups excluding carboxylic acids is 2. The highest BCUT2D eigenvalue weighted by Crippen LogP contribution is 1.86. The molecule has 1 rings (SSSR count). The standard InChI is InChI=1S/C5H8O2.C3H5N3/c1-4(6)3-5(2)7;4-3-1-2-5-6-3/h3H2,1-2H3;1-2H,(H3,4,5,6). The molecule has 0 aliphatic carbocycles. The minimum Gasteiger partial charge on any atom is -0.382 e. The van der Waals surface area contributed by atoms with Crippen molar-refractivity contribution in [3.63, 3.8) is 0 Å². The molecular formula is C8H13N3O2. The number of ketones is 2. The van der Waals surface area contributed by atoms with Gasteiger partial charge in [-0.25, -0.2) is 0 Å². The predicted molar refractivity (Wildman–Crippen MR) is 49.0 cm³/mol. The molecule has 0 unspecified atom stereocenters. The van der Waals surface area contributed by atoms with Crippen LogP contribution in [0, 0.1) is 0 Å². The van der Waals surface area contributed by atoms with Gasteiger partial charge in [-0.2, -0.15) is 5.10 Å². The molecule has 72 valence electrons. The lowest BCUT2D eigenvalue weighted by Gasteiger charge is -1.81. The van der Waals surface area contributed by atoms with E-state index in [0.717, 1.165) is 0 Å². The molecule has 0 bridgehead atoms. The molecule has 1 aromatic heterocycles. The highest BCUT2D eigenvalue weighted by Gasteiger charge is 1.94. The number of Topliss-reactive ketones (excluding diaryl/α,β-unsaturated/α-hetero) is 2. The van der Waals surface area contributed by atoms with Gasteiger partial charge >= 0.3 is 0 Å². The summed E-state index contributed by atoms with van der Waals surface area (Å²) >= 11 is 0. The topological polar surface area (TPSA) is 88.8 Å². The molecule has 0 aromatic carbocycles. The molecule has 0 fully saturated rings. The van der Waals surface area contributed by atoms with Crippen molar-refractivity contribution >= 4 is 17.4 Å². The van der Waals surface area contributed by atoms with Crippen LogP contribution in [0.25, 0.3) is 0 Å². The van der Waals surface area contributed by atoms with Gasteiger partial charge < -0.3 is 5.73 Å². The number of anilines is 1. The lowest BCUT2D eigenvalue weighted by atomic mass is 10.2. The van der Waals surface area contributed by atoms with Crippen LogP contribution in [0.5, 0.6) is 0 Å². The van der Waals surface area contributed by atoms with Crippen molar-refractivity contribution in [2.75, 3.05) is 5.73 Å². The SMILES string of the molecule is CC(=O)CC(C)=O.Nc1cc[nH]n1. The molecule has 0 amide bonds. The first-order valence-electron chi connectivity index (χ1n) is 3.76. The van der Waals surface area contributed by atoms with Crippen LogP contribution in [-0.2, 0) is 9.59 Å². The summed E-state index contributed by atoms with van der Waals surface area (Å²) in [6.07, 6.45) is 1.76. The van der Waals surface area contributed by atoms with E-state index in [4.69, 9.17) is 5.73 Å². The zero-order chi connectivity index (χ0) is 10.3. The first-order chi connectivity index (χ1) is 6.02. The van der Waals surface area contributed by atoms with E-state index in [9.17, 15) is 9.59 Å². The van der Waals surface area contributed by atoms with Gasteiger partial charge in [0.25, 0.3) is 0 Å². The Morgan fingerprint density at radius 2 is 2.00 bits per heavy atom. The lowest BCUT2D eigenvalue weighted by Crippen LogP contribution is -1.97. The summed E-state index contributed by atoms with van der Waals surface area (Å²) in [6.45, 7) is 2.81. The van der Waals surface area contributed by atoms with E-state index >= 15 is 0 Å². The van der Waals surface area contributed by atoms with Gasteiger partial charge in [0.15, 0.2) is 0 Å². The number of aromatic nitrogens is 2. The summed E-state index contributed by atoms with van der Waals surface area (Å²) < 4.78 is 0. The van der Waals surface area contributed by atoms with Crippen LogP contribution in [0.4, 0.5) is 5.82 Å². The molecule has 0 aliphatic rings. The van der Waals surface area contributed by atoms with E-state index in [1.54, 1.807) is 12.3 Å². The number of rotatable bonds is 2. The zero-order valence-electron chi connectivity index (χ0n) is 7.70. The van der Waals surface area contributed by atoms with E-state index in [-0.39, 0.29) is 18.0 Å². The zero-order valence-corrected chi connectivity index (χ0v) is 7.70. The Balaban J connectivity index is 0.000000223. The fourth-order valence-corrected chi connectivity index (χ4v) is 0.622. The Kier molecular flexibility index (Phi) is 5.18. The molecule has 3 N–H and O–H groups in total. The molecule has 0 aliphatic heterocycles. The van der Waals surface area contributed by atoms with Crippen LogP contribution >= 0.6 is 0 Å². The number of hydrogen-bond acceptors (Lipinski definition) is 4. The maximum Gasteiger partial charge on any atom is 0.145 e. The van der Waals surface area contributed by atoms with Crippen LogP contribution in [-0.4, -0.2) is 21.8 Å². The van der Waals surface area contributed by atoms with Crippen LogP contribution < -0.4 is 5.73 Å². The molecule has 0 radical (unpaired) electrons. The van der Waals surface area contributed by atoms with Gasteiger partial charge in [0.1, 0.15) is 17.4 Å². The second kappa shape index (κ2) is 5.93. The van der Waals surface area contributed by atoms with Crippen molar-refractivity contribution in [3.8, 4) is 0 Å². The highest BCUT2D eigenvalue weighted by molar-refractivity contribution is 5.96. The third kappa shape index (κ3) is 8.25. The van der Waals surface area contributed by atoms with Crippen LogP contribution in [0.3, 0.4) is 0 Å². The molecule has 0 atom stereocenters. The van der Waals surface area contributed by atoms with Crippen molar-refractivity contribution in [2.24, 2.45) is 0 Å². The largest absolute Gasteiger partial charge is 0.382 e. The summed E-state index contributed by atoms with van der Waals surface area (Å²) in [7, 11) is 0. The van der Waals surface area contributed by atoms with Gasteiger partial charge in [0, 0.05) is 6.20 Å². The minimum atomic E-state index is -0.0625. The van der Waals surface area contributed by atoms with E-state index < -0.39 is 0 Å². The number of aromatic amines is 1. The Hall–Kier alpha value is -1.65. The van der Waals surface area contributed by atoms with Crippen molar-refractivity contribution < 1.29 is 9.59 Å². The van der Waals surface area contributed by atoms with Crippen molar-refractivity contribution in [1.82, 2.24) is 10.2 Å². The maximum absolute atomic E-state index is 10.0. The molecule has 1 heterocycles. The quantitative estimate of drug-likeness (QED) is 0.655. The Morgan fingerprint density at radius 3 is 2.08 bits per heavy atom. The molecule has 5 nitrogen and oxygen atoms in total. The number of nitrogens with zero attached hydrogens (tertiary/aromatic N) is 1. The molecule has 13 heavy (non-hydrogen) atoms. The molecule has 1 aromatic rings. The Morgan fingerprint density at radius 1 is 1.46 bits per heavy atom. The van der Waals surface area contributed by atoms with Gasteiger partial charge in [0.05, 0.1) is 6.42 Å². The van der Waals surface area contributed by atoms with Gasteiger partial charge in [-0.1, -0.05) is 0 Å². The number of nitrogen functional groups attached to an aromatic ring is 1. The molecule has 0 spiro atoms. The Labute approximate surface area is 76.3 Å². The number of hydrogen-bond donors (Lipinski definition) is 2. The summed E-state index contributed by atoms with van der Waals surface area (Å²) in [5, 5.41) is 6.12. The second-order valence-corrected chi connectivity index (χ2v) is 2.58. The van der Waals surface area contributed by atoms with Gasteiger partial charge in [-0.05, 0) is 19.9 Å². The monoisotopic (exact) mass is 183 g/mol. The van der Waals surface area contributed by atoms with Crippen molar-refractivity contribution in [3.05, 3.63) is 12.3 Å². The van der Waals surface area contributed by atoms with Gasteiger partial charge in [0.2, 0.25) is 0 Å². The Bertz CT molecular complexity index is 255. The summed E-state index contributed by atoms with van der Waals surface area (Å²) in [4.78, 5) is 20.1. The number of H-pyrrole nitrogens is 1. The third-order valence-corrected chi connectivity index (χ3v) is 1.02. The first kappa shape index (κ1) is 11.4. The fourth-order valence-electron chi connectivity index (χ4n) is 0.622. The van der Waals surface area contributed by atoms with E-state index in [1.807, 2.05) is 0 Å². The maximum atomic E-state index is 10.0. The lowest BCUT2D eigenvalue weighted by molar-refractivity contribution is -0.124. The molecule has 0 saturated heterocycles. The van der Waals surface area contributed by atoms with Gasteiger partial charge in [-0.3, -0.25) is 14.7 Å². The smallest absolute Gasteiger partial charge is 0.145 e. The molecular weight excluding hydrogens is 170 g/mol. The van der Waals surface area contributed by atoms with Crippen molar-refractivity contribution in [2.45, 2.75) is 20.3 Å². The predicted octanol–water partition coefficient (Wildman–Crippen LogP) is 0.546. The molecule has 5 heteroatoms. The van der Waals surface area contributed by atoms with Gasteiger partial charge in [-0.15, -0.1) is 0 Å². The summed E-state index contributed by atoms with van der Waals surface area (Å²) in [5.74, 6) is 0.412. The molecule has 0 saturated carbocycles. The number of carbonyl (C=O) groups is 2. The minimum absolute atomic E-state index is 0.0625. The van der Waals surface area contributed by atoms with Crippen LogP contribution in [0.15, 0.2) is 12.3 Å². The first-order valence-corrected chi connectivity index (χ1v) is 3.76.